The van der Waals surface area contributed by atoms with E-state index in [0.29, 0.717) is 34.1 Å². The zero-order chi connectivity index (χ0) is 18.4. The largest absolute Gasteiger partial charge is 0.493 e. The Labute approximate surface area is 146 Å². The van der Waals surface area contributed by atoms with Crippen LogP contribution in [0, 0.1) is 0 Å². The van der Waals surface area contributed by atoms with Gasteiger partial charge in [-0.15, -0.1) is 0 Å². The molecule has 2 rings (SSSR count). The summed E-state index contributed by atoms with van der Waals surface area (Å²) in [5.74, 6) is 1.03. The molecule has 0 saturated carbocycles. The third-order valence-electron chi connectivity index (χ3n) is 3.64. The summed E-state index contributed by atoms with van der Waals surface area (Å²) in [6, 6.07) is 10.1. The van der Waals surface area contributed by atoms with Crippen molar-refractivity contribution >= 4 is 17.6 Å². The van der Waals surface area contributed by atoms with Crippen LogP contribution in [0.15, 0.2) is 36.4 Å². The van der Waals surface area contributed by atoms with E-state index in [1.807, 2.05) is 0 Å². The summed E-state index contributed by atoms with van der Waals surface area (Å²) in [5, 5.41) is 9.61. The molecule has 0 saturated heterocycles. The van der Waals surface area contributed by atoms with E-state index in [1.54, 1.807) is 49.6 Å². The Morgan fingerprint density at radius 3 is 1.84 bits per heavy atom. The van der Waals surface area contributed by atoms with Crippen LogP contribution in [-0.4, -0.2) is 39.5 Å². The van der Waals surface area contributed by atoms with Crippen molar-refractivity contribution in [2.45, 2.75) is 0 Å². The van der Waals surface area contributed by atoms with E-state index in [9.17, 15) is 9.90 Å². The average Bonchev–Trinajstić information content (AvgIpc) is 2.64. The fourth-order valence-electron chi connectivity index (χ4n) is 2.38. The van der Waals surface area contributed by atoms with Crippen LogP contribution in [0.25, 0.3) is 11.6 Å². The number of hydrogen-bond donors (Lipinski definition) is 1. The molecule has 2 aromatic rings. The van der Waals surface area contributed by atoms with Crippen molar-refractivity contribution in [2.24, 2.45) is 0 Å². The predicted molar refractivity (Wildman–Crippen MR) is 94.6 cm³/mol. The van der Waals surface area contributed by atoms with Crippen LogP contribution in [0.4, 0.5) is 0 Å². The van der Waals surface area contributed by atoms with Crippen molar-refractivity contribution in [1.82, 2.24) is 0 Å². The quantitative estimate of drug-likeness (QED) is 0.613. The van der Waals surface area contributed by atoms with E-state index in [-0.39, 0.29) is 5.57 Å². The third-order valence-corrected chi connectivity index (χ3v) is 3.64. The summed E-state index contributed by atoms with van der Waals surface area (Å²) < 4.78 is 20.9. The number of aliphatic carboxylic acids is 1. The first-order valence-electron chi connectivity index (χ1n) is 7.43. The van der Waals surface area contributed by atoms with Crippen LogP contribution in [0.1, 0.15) is 11.1 Å². The van der Waals surface area contributed by atoms with E-state index < -0.39 is 5.97 Å². The van der Waals surface area contributed by atoms with Gasteiger partial charge in [0, 0.05) is 0 Å². The Morgan fingerprint density at radius 1 is 0.800 bits per heavy atom. The maximum Gasteiger partial charge on any atom is 0.336 e. The standard InChI is InChI=1S/C19H20O6/c1-22-15-7-5-12(10-17(15)24-3)9-14(19(20)21)13-6-8-16(23-2)18(11-13)25-4/h5-11H,1-4H3,(H,20,21). The summed E-state index contributed by atoms with van der Waals surface area (Å²) in [4.78, 5) is 11.7. The molecular formula is C19H20O6. The van der Waals surface area contributed by atoms with Crippen LogP contribution in [-0.2, 0) is 4.79 Å². The van der Waals surface area contributed by atoms with Crippen LogP contribution in [0.5, 0.6) is 23.0 Å². The molecule has 0 aliphatic rings. The third kappa shape index (κ3) is 4.03. The zero-order valence-corrected chi connectivity index (χ0v) is 14.5. The van der Waals surface area contributed by atoms with Gasteiger partial charge in [0.25, 0.3) is 0 Å². The van der Waals surface area contributed by atoms with Gasteiger partial charge in [-0.1, -0.05) is 12.1 Å². The summed E-state index contributed by atoms with van der Waals surface area (Å²) in [6.45, 7) is 0. The molecule has 1 N–H and O–H groups in total. The molecule has 132 valence electrons. The molecule has 0 radical (unpaired) electrons. The number of methoxy groups -OCH3 is 4. The van der Waals surface area contributed by atoms with Crippen LogP contribution in [0.2, 0.25) is 0 Å². The topological polar surface area (TPSA) is 74.2 Å². The van der Waals surface area contributed by atoms with E-state index in [0.717, 1.165) is 0 Å². The molecule has 0 atom stereocenters. The van der Waals surface area contributed by atoms with Gasteiger partial charge in [0.15, 0.2) is 23.0 Å². The van der Waals surface area contributed by atoms with Crippen molar-refractivity contribution in [2.75, 3.05) is 28.4 Å². The van der Waals surface area contributed by atoms with Gasteiger partial charge in [-0.2, -0.15) is 0 Å². The first-order chi connectivity index (χ1) is 12.0. The Kier molecular flexibility index (Phi) is 5.89. The number of ether oxygens (including phenoxy) is 4. The van der Waals surface area contributed by atoms with E-state index >= 15 is 0 Å². The van der Waals surface area contributed by atoms with Gasteiger partial charge in [-0.25, -0.2) is 4.79 Å². The number of hydrogen-bond acceptors (Lipinski definition) is 5. The van der Waals surface area contributed by atoms with E-state index in [1.165, 1.54) is 21.3 Å². The van der Waals surface area contributed by atoms with Crippen molar-refractivity contribution in [3.8, 4) is 23.0 Å². The van der Waals surface area contributed by atoms with Crippen molar-refractivity contribution in [3.63, 3.8) is 0 Å². The average molecular weight is 344 g/mol. The Hall–Kier alpha value is -3.15. The lowest BCUT2D eigenvalue weighted by Gasteiger charge is -2.11. The normalized spacial score (nSPS) is 11.0. The molecule has 0 fully saturated rings. The first kappa shape index (κ1) is 18.2. The highest BCUT2D eigenvalue weighted by atomic mass is 16.5. The van der Waals surface area contributed by atoms with Gasteiger partial charge in [-0.05, 0) is 41.5 Å². The molecule has 0 aromatic heterocycles. The highest BCUT2D eigenvalue weighted by Gasteiger charge is 2.14. The summed E-state index contributed by atoms with van der Waals surface area (Å²) >= 11 is 0. The van der Waals surface area contributed by atoms with Crippen molar-refractivity contribution in [3.05, 3.63) is 47.5 Å². The molecule has 0 unspecified atom stereocenters. The molecule has 0 aliphatic carbocycles. The summed E-state index contributed by atoms with van der Waals surface area (Å²) in [5.41, 5.74) is 1.29. The summed E-state index contributed by atoms with van der Waals surface area (Å²) in [7, 11) is 6.09. The van der Waals surface area contributed by atoms with Gasteiger partial charge in [0.2, 0.25) is 0 Å². The minimum Gasteiger partial charge on any atom is -0.493 e. The lowest BCUT2D eigenvalue weighted by Crippen LogP contribution is -2.01. The lowest BCUT2D eigenvalue weighted by atomic mass is 10.0. The van der Waals surface area contributed by atoms with Gasteiger partial charge >= 0.3 is 5.97 Å². The molecule has 2 aromatic carbocycles. The second-order valence-electron chi connectivity index (χ2n) is 5.05. The highest BCUT2D eigenvalue weighted by molar-refractivity contribution is 6.20. The van der Waals surface area contributed by atoms with Gasteiger partial charge in [0.05, 0.1) is 34.0 Å². The van der Waals surface area contributed by atoms with Crippen molar-refractivity contribution in [1.29, 1.82) is 0 Å². The number of carboxylic acids is 1. The van der Waals surface area contributed by atoms with Crippen LogP contribution in [0.3, 0.4) is 0 Å². The lowest BCUT2D eigenvalue weighted by molar-refractivity contribution is -0.130. The monoisotopic (exact) mass is 344 g/mol. The number of benzene rings is 2. The smallest absolute Gasteiger partial charge is 0.336 e. The fourth-order valence-corrected chi connectivity index (χ4v) is 2.38. The zero-order valence-electron chi connectivity index (χ0n) is 14.5. The minimum absolute atomic E-state index is 0.119. The molecule has 25 heavy (non-hydrogen) atoms. The highest BCUT2D eigenvalue weighted by Crippen LogP contribution is 2.33. The van der Waals surface area contributed by atoms with Gasteiger partial charge < -0.3 is 24.1 Å². The van der Waals surface area contributed by atoms with Gasteiger partial charge in [-0.3, -0.25) is 0 Å². The molecule has 0 amide bonds. The second kappa shape index (κ2) is 8.10. The van der Waals surface area contributed by atoms with E-state index in [4.69, 9.17) is 18.9 Å². The molecule has 6 nitrogen and oxygen atoms in total. The number of carboxylic acid groups (broad SMARTS) is 1. The number of rotatable bonds is 7. The SMILES string of the molecule is COc1ccc(C=C(C(=O)O)c2ccc(OC)c(OC)c2)cc1OC. The Balaban J connectivity index is 2.51. The predicted octanol–water partition coefficient (Wildman–Crippen LogP) is 3.35. The maximum atomic E-state index is 11.7. The van der Waals surface area contributed by atoms with Crippen LogP contribution >= 0.6 is 0 Å². The van der Waals surface area contributed by atoms with Crippen molar-refractivity contribution < 1.29 is 28.8 Å². The Bertz CT molecular complexity index is 794. The van der Waals surface area contributed by atoms with Gasteiger partial charge in [0.1, 0.15) is 0 Å². The molecule has 6 heteroatoms. The molecule has 0 bridgehead atoms. The van der Waals surface area contributed by atoms with Crippen LogP contribution < -0.4 is 18.9 Å². The molecule has 0 heterocycles. The second-order valence-corrected chi connectivity index (χ2v) is 5.05. The maximum absolute atomic E-state index is 11.7. The fraction of sp³-hybridized carbons (Fsp3) is 0.211. The van der Waals surface area contributed by atoms with E-state index in [2.05, 4.69) is 0 Å². The summed E-state index contributed by atoms with van der Waals surface area (Å²) in [6.07, 6.45) is 1.56. The first-order valence-corrected chi connectivity index (χ1v) is 7.43. The molecule has 0 aliphatic heterocycles. The molecule has 0 spiro atoms. The minimum atomic E-state index is -1.05. The Morgan fingerprint density at radius 2 is 1.32 bits per heavy atom. The molecular weight excluding hydrogens is 324 g/mol. The number of carbonyl (C=O) groups is 1.